The molecule has 0 fully saturated rings. The molecule has 0 radical (unpaired) electrons. The first-order valence-corrected chi connectivity index (χ1v) is 9.22. The normalized spacial score (nSPS) is 11.1. The Morgan fingerprint density at radius 3 is 2.67 bits per heavy atom. The zero-order valence-electron chi connectivity index (χ0n) is 14.3. The van der Waals surface area contributed by atoms with Gasteiger partial charge >= 0.3 is 0 Å². The van der Waals surface area contributed by atoms with E-state index in [0.717, 1.165) is 29.4 Å². The standard InChI is InChI=1S/C18H22N4OS/c1-4-5-11-22-14(3)13(2)19-18(22)24-12-16-20-17(23-21-16)15-9-7-6-8-10-15/h6-10H,4-5,11-12H2,1-3H3. The number of imidazole rings is 1. The molecule has 3 rings (SSSR count). The van der Waals surface area contributed by atoms with Crippen LogP contribution < -0.4 is 0 Å². The van der Waals surface area contributed by atoms with Crippen LogP contribution in [0.5, 0.6) is 0 Å². The Kier molecular flexibility index (Phi) is 5.35. The average Bonchev–Trinajstić information content (AvgIpc) is 3.18. The quantitative estimate of drug-likeness (QED) is 0.585. The molecule has 0 saturated carbocycles. The van der Waals surface area contributed by atoms with Crippen molar-refractivity contribution in [1.82, 2.24) is 19.7 Å². The summed E-state index contributed by atoms with van der Waals surface area (Å²) in [7, 11) is 0. The predicted octanol–water partition coefficient (Wildman–Crippen LogP) is 4.64. The number of rotatable bonds is 7. The summed E-state index contributed by atoms with van der Waals surface area (Å²) < 4.78 is 7.65. The second-order valence-corrected chi connectivity index (χ2v) is 6.68. The summed E-state index contributed by atoms with van der Waals surface area (Å²) >= 11 is 1.66. The summed E-state index contributed by atoms with van der Waals surface area (Å²) in [6, 6.07) is 9.83. The van der Waals surface area contributed by atoms with Crippen LogP contribution in [0.3, 0.4) is 0 Å². The first-order chi connectivity index (χ1) is 11.7. The lowest BCUT2D eigenvalue weighted by molar-refractivity contribution is 0.425. The van der Waals surface area contributed by atoms with Crippen LogP contribution in [0.25, 0.3) is 11.5 Å². The summed E-state index contributed by atoms with van der Waals surface area (Å²) in [6.07, 6.45) is 2.33. The van der Waals surface area contributed by atoms with Gasteiger partial charge in [0.1, 0.15) is 0 Å². The monoisotopic (exact) mass is 342 g/mol. The smallest absolute Gasteiger partial charge is 0.257 e. The molecule has 0 amide bonds. The summed E-state index contributed by atoms with van der Waals surface area (Å²) in [5.41, 5.74) is 3.27. The minimum atomic E-state index is 0.563. The number of thioether (sulfide) groups is 1. The van der Waals surface area contributed by atoms with Crippen LogP contribution in [0.15, 0.2) is 40.0 Å². The first kappa shape index (κ1) is 16.8. The molecule has 0 aliphatic heterocycles. The number of hydrogen-bond donors (Lipinski definition) is 0. The van der Waals surface area contributed by atoms with Crippen LogP contribution in [0, 0.1) is 13.8 Å². The summed E-state index contributed by atoms with van der Waals surface area (Å²) in [5.74, 6) is 1.91. The van der Waals surface area contributed by atoms with Crippen molar-refractivity contribution in [2.24, 2.45) is 0 Å². The van der Waals surface area contributed by atoms with Crippen molar-refractivity contribution in [3.8, 4) is 11.5 Å². The van der Waals surface area contributed by atoms with E-state index in [1.165, 1.54) is 12.1 Å². The zero-order chi connectivity index (χ0) is 16.9. The minimum Gasteiger partial charge on any atom is -0.334 e. The van der Waals surface area contributed by atoms with Gasteiger partial charge in [-0.25, -0.2) is 4.98 Å². The van der Waals surface area contributed by atoms with Crippen molar-refractivity contribution < 1.29 is 4.52 Å². The lowest BCUT2D eigenvalue weighted by Crippen LogP contribution is -2.02. The highest BCUT2D eigenvalue weighted by molar-refractivity contribution is 7.98. The van der Waals surface area contributed by atoms with Gasteiger partial charge in [-0.15, -0.1) is 0 Å². The molecule has 2 aromatic heterocycles. The highest BCUT2D eigenvalue weighted by atomic mass is 32.2. The number of aryl methyl sites for hydroxylation is 1. The van der Waals surface area contributed by atoms with E-state index in [1.54, 1.807) is 11.8 Å². The average molecular weight is 342 g/mol. The fourth-order valence-electron chi connectivity index (χ4n) is 2.45. The molecule has 0 atom stereocenters. The number of benzene rings is 1. The molecule has 0 aliphatic carbocycles. The van der Waals surface area contributed by atoms with Gasteiger partial charge in [0, 0.05) is 17.8 Å². The molecule has 5 nitrogen and oxygen atoms in total. The predicted molar refractivity (Wildman–Crippen MR) is 95.9 cm³/mol. The van der Waals surface area contributed by atoms with Crippen molar-refractivity contribution >= 4 is 11.8 Å². The fourth-order valence-corrected chi connectivity index (χ4v) is 3.41. The van der Waals surface area contributed by atoms with Gasteiger partial charge in [0.2, 0.25) is 0 Å². The van der Waals surface area contributed by atoms with E-state index < -0.39 is 0 Å². The third-order valence-corrected chi connectivity index (χ3v) is 4.95. The van der Waals surface area contributed by atoms with Crippen LogP contribution in [-0.2, 0) is 12.3 Å². The van der Waals surface area contributed by atoms with Crippen molar-refractivity contribution in [2.45, 2.75) is 51.1 Å². The van der Waals surface area contributed by atoms with Crippen molar-refractivity contribution in [1.29, 1.82) is 0 Å². The van der Waals surface area contributed by atoms with Crippen LogP contribution in [0.1, 0.15) is 37.0 Å². The highest BCUT2D eigenvalue weighted by Gasteiger charge is 2.14. The Bertz CT molecular complexity index is 795. The van der Waals surface area contributed by atoms with E-state index in [1.807, 2.05) is 30.3 Å². The topological polar surface area (TPSA) is 56.7 Å². The third-order valence-electron chi connectivity index (χ3n) is 3.98. The molecule has 0 unspecified atom stereocenters. The Labute approximate surface area is 146 Å². The molecule has 0 aliphatic rings. The maximum atomic E-state index is 5.36. The van der Waals surface area contributed by atoms with Gasteiger partial charge in [0.15, 0.2) is 11.0 Å². The van der Waals surface area contributed by atoms with Gasteiger partial charge < -0.3 is 9.09 Å². The molecule has 0 saturated heterocycles. The molecule has 6 heteroatoms. The van der Waals surface area contributed by atoms with E-state index in [0.29, 0.717) is 17.5 Å². The zero-order valence-corrected chi connectivity index (χ0v) is 15.1. The van der Waals surface area contributed by atoms with Gasteiger partial charge in [-0.3, -0.25) is 0 Å². The van der Waals surface area contributed by atoms with Gasteiger partial charge in [0.05, 0.1) is 11.4 Å². The molecule has 0 N–H and O–H groups in total. The molecule has 0 bridgehead atoms. The number of hydrogen-bond acceptors (Lipinski definition) is 5. The summed E-state index contributed by atoms with van der Waals surface area (Å²) in [6.45, 7) is 7.40. The van der Waals surface area contributed by atoms with Gasteiger partial charge in [-0.05, 0) is 32.4 Å². The SMILES string of the molecule is CCCCn1c(SCc2noc(-c3ccccc3)n2)nc(C)c1C. The van der Waals surface area contributed by atoms with Crippen molar-refractivity contribution in [3.05, 3.63) is 47.5 Å². The molecule has 0 spiro atoms. The molecule has 24 heavy (non-hydrogen) atoms. The Hall–Kier alpha value is -2.08. The second kappa shape index (κ2) is 7.66. The molecule has 2 heterocycles. The summed E-state index contributed by atoms with van der Waals surface area (Å²) in [5, 5.41) is 5.12. The van der Waals surface area contributed by atoms with E-state index in [9.17, 15) is 0 Å². The van der Waals surface area contributed by atoms with Gasteiger partial charge in [-0.2, -0.15) is 4.98 Å². The van der Waals surface area contributed by atoms with Crippen LogP contribution in [-0.4, -0.2) is 19.7 Å². The molecular formula is C18H22N4OS. The third kappa shape index (κ3) is 3.70. The van der Waals surface area contributed by atoms with E-state index in [4.69, 9.17) is 4.52 Å². The molecule has 1 aromatic carbocycles. The van der Waals surface area contributed by atoms with Crippen LogP contribution in [0.4, 0.5) is 0 Å². The van der Waals surface area contributed by atoms with E-state index in [2.05, 4.69) is 40.5 Å². The van der Waals surface area contributed by atoms with Gasteiger partial charge in [-0.1, -0.05) is 48.5 Å². The Morgan fingerprint density at radius 1 is 1.12 bits per heavy atom. The highest BCUT2D eigenvalue weighted by Crippen LogP contribution is 2.25. The Morgan fingerprint density at radius 2 is 1.92 bits per heavy atom. The largest absolute Gasteiger partial charge is 0.334 e. The molecular weight excluding hydrogens is 320 g/mol. The number of aromatic nitrogens is 4. The number of unbranched alkanes of at least 4 members (excludes halogenated alkanes) is 1. The van der Waals surface area contributed by atoms with Crippen molar-refractivity contribution in [2.75, 3.05) is 0 Å². The fraction of sp³-hybridized carbons (Fsp3) is 0.389. The van der Waals surface area contributed by atoms with Crippen LogP contribution >= 0.6 is 11.8 Å². The number of nitrogens with zero attached hydrogens (tertiary/aromatic N) is 4. The maximum Gasteiger partial charge on any atom is 0.257 e. The van der Waals surface area contributed by atoms with Gasteiger partial charge in [0.25, 0.3) is 5.89 Å². The molecule has 126 valence electrons. The second-order valence-electron chi connectivity index (χ2n) is 5.74. The lowest BCUT2D eigenvalue weighted by Gasteiger charge is -2.08. The first-order valence-electron chi connectivity index (χ1n) is 8.23. The Balaban J connectivity index is 1.70. The molecule has 3 aromatic rings. The van der Waals surface area contributed by atoms with E-state index >= 15 is 0 Å². The van der Waals surface area contributed by atoms with Crippen LogP contribution in [0.2, 0.25) is 0 Å². The van der Waals surface area contributed by atoms with Crippen molar-refractivity contribution in [3.63, 3.8) is 0 Å². The van der Waals surface area contributed by atoms with E-state index in [-0.39, 0.29) is 0 Å². The maximum absolute atomic E-state index is 5.36. The summed E-state index contributed by atoms with van der Waals surface area (Å²) in [4.78, 5) is 9.16. The minimum absolute atomic E-state index is 0.563. The lowest BCUT2D eigenvalue weighted by atomic mass is 10.2.